The van der Waals surface area contributed by atoms with Gasteiger partial charge in [0, 0.05) is 18.5 Å². The van der Waals surface area contributed by atoms with Crippen LogP contribution in [0.25, 0.3) is 0 Å². The van der Waals surface area contributed by atoms with E-state index in [1.54, 1.807) is 22.3 Å². The molecule has 4 nitrogen and oxygen atoms in total. The van der Waals surface area contributed by atoms with E-state index in [2.05, 4.69) is 124 Å². The number of amidine groups is 1. The largest absolute Gasteiger partial charge is 0.423 e. The number of rotatable bonds is 3. The fraction of sp³-hybridized carbons (Fsp3) is 0.667. The fourth-order valence-electron chi connectivity index (χ4n) is 13.1. The van der Waals surface area contributed by atoms with E-state index in [0.717, 1.165) is 25.3 Å². The molecule has 0 aromatic carbocycles. The van der Waals surface area contributed by atoms with E-state index in [-0.39, 0.29) is 10.8 Å². The monoisotopic (exact) mass is 773 g/mol. The van der Waals surface area contributed by atoms with Crippen LogP contribution >= 0.6 is 8.45 Å². The third-order valence-electron chi connectivity index (χ3n) is 16.3. The predicted octanol–water partition coefficient (Wildman–Crippen LogP) is 13.0. The molecule has 10 rings (SSSR count). The Morgan fingerprint density at radius 3 is 2.45 bits per heavy atom. The molecule has 2 bridgehead atoms. The van der Waals surface area contributed by atoms with Gasteiger partial charge in [0.25, 0.3) is 5.84 Å². The van der Waals surface area contributed by atoms with E-state index in [4.69, 9.17) is 4.52 Å². The van der Waals surface area contributed by atoms with E-state index in [1.165, 1.54) is 93.5 Å². The molecule has 0 amide bonds. The van der Waals surface area contributed by atoms with Crippen LogP contribution < -0.4 is 0 Å². The number of fused-ring (bicyclic) bond motifs is 8. The van der Waals surface area contributed by atoms with Crippen LogP contribution in [0, 0.1) is 52.3 Å². The lowest BCUT2D eigenvalue weighted by Crippen LogP contribution is -2.51. The van der Waals surface area contributed by atoms with Gasteiger partial charge in [-0.3, -0.25) is 0 Å². The Labute approximate surface area is 341 Å². The summed E-state index contributed by atoms with van der Waals surface area (Å²) in [7, 11) is -1.05. The second kappa shape index (κ2) is 14.1. The van der Waals surface area contributed by atoms with Crippen molar-refractivity contribution in [3.05, 3.63) is 94.0 Å². The first-order valence-electron chi connectivity index (χ1n) is 23.2. The summed E-state index contributed by atoms with van der Waals surface area (Å²) in [6, 6.07) is 1.32. The standard InChI is InChI=1S/C51H71N3OP/c1-32-17-12-13-20-40(32)36-27-46-44-30-38(51(6,7)8)29-43(33(44)2)41-22-16-23-45-48(41)54-49(42-21-14-15-24-47(42)55-56(54)52(46)31-36)53(45)39-26-35(34-18-10-9-11-19-34)25-37(28-39)50(3,4)5/h12,17-18,21,24,26,28-30,32-33,36-37,40-41,43,45-46,48H,9-11,13-16,19-20,22-23,25,27,31H2,1-8H3/q+1. The highest BCUT2D eigenvalue weighted by molar-refractivity contribution is 7.48. The van der Waals surface area contributed by atoms with Gasteiger partial charge in [0.15, 0.2) is 0 Å². The zero-order valence-corrected chi connectivity index (χ0v) is 37.0. The molecule has 0 spiro atoms. The van der Waals surface area contributed by atoms with Crippen molar-refractivity contribution in [1.29, 1.82) is 0 Å². The summed E-state index contributed by atoms with van der Waals surface area (Å²) in [5.74, 6) is 7.00. The second-order valence-corrected chi connectivity index (χ2v) is 23.4. The maximum absolute atomic E-state index is 7.67. The minimum Gasteiger partial charge on any atom is -0.423 e. The highest BCUT2D eigenvalue weighted by Gasteiger charge is 2.66. The molecule has 56 heavy (non-hydrogen) atoms. The van der Waals surface area contributed by atoms with Gasteiger partial charge in [-0.15, -0.1) is 0 Å². The second-order valence-electron chi connectivity index (χ2n) is 21.8. The van der Waals surface area contributed by atoms with Crippen LogP contribution in [0.2, 0.25) is 0 Å². The van der Waals surface area contributed by atoms with Crippen LogP contribution in [-0.2, 0) is 4.52 Å². The average molecular weight is 773 g/mol. The van der Waals surface area contributed by atoms with Crippen molar-refractivity contribution in [3.8, 4) is 0 Å². The predicted molar refractivity (Wildman–Crippen MR) is 234 cm³/mol. The molecule has 4 heterocycles. The molecule has 4 fully saturated rings. The number of hydrogen-bond donors (Lipinski definition) is 0. The summed E-state index contributed by atoms with van der Waals surface area (Å²) in [6.45, 7) is 21.1. The Kier molecular flexibility index (Phi) is 9.53. The summed E-state index contributed by atoms with van der Waals surface area (Å²) in [5, 5.41) is 0. The van der Waals surface area contributed by atoms with Crippen LogP contribution in [0.3, 0.4) is 0 Å². The topological polar surface area (TPSA) is 18.7 Å². The normalized spacial score (nSPS) is 39.6. The van der Waals surface area contributed by atoms with Crippen molar-refractivity contribution in [2.75, 3.05) is 6.54 Å². The molecule has 300 valence electrons. The Bertz CT molecular complexity index is 1920. The zero-order valence-electron chi connectivity index (χ0n) is 36.1. The van der Waals surface area contributed by atoms with Gasteiger partial charge in [-0.05, 0) is 170 Å². The lowest BCUT2D eigenvalue weighted by atomic mass is 9.63. The van der Waals surface area contributed by atoms with Gasteiger partial charge in [0.05, 0.1) is 0 Å². The molecule has 0 N–H and O–H groups in total. The minimum absolute atomic E-state index is 0.125. The molecule has 4 aliphatic heterocycles. The Morgan fingerprint density at radius 2 is 1.68 bits per heavy atom. The van der Waals surface area contributed by atoms with Crippen molar-refractivity contribution in [3.63, 3.8) is 0 Å². The molecule has 11 unspecified atom stereocenters. The molecular formula is C51H71N3OP+. The van der Waals surface area contributed by atoms with Crippen molar-refractivity contribution in [2.45, 2.75) is 157 Å². The zero-order chi connectivity index (χ0) is 38.7. The molecular weight excluding hydrogens is 702 g/mol. The SMILES string of the molecule is CC1C=CCCC1C1CC2C3=CC(C(C)(C)C)=CC(C3C)C3CCCC4C3N3C(=[N+]4C4=CC(C(C)(C)C)CC(C5=CCCCC5)=C4)C4=CCCC=C4OP3N2C1. The lowest BCUT2D eigenvalue weighted by Gasteiger charge is -2.43. The first kappa shape index (κ1) is 37.8. The van der Waals surface area contributed by atoms with Gasteiger partial charge in [-0.25, -0.2) is 9.25 Å². The number of hydrogen-bond acceptors (Lipinski definition) is 3. The molecule has 0 aromatic heterocycles. The summed E-state index contributed by atoms with van der Waals surface area (Å²) in [6.07, 6.45) is 39.9. The number of nitrogens with zero attached hydrogens (tertiary/aromatic N) is 3. The van der Waals surface area contributed by atoms with Crippen molar-refractivity contribution < 1.29 is 9.10 Å². The van der Waals surface area contributed by atoms with Crippen LogP contribution in [-0.4, -0.2) is 44.4 Å². The third-order valence-corrected chi connectivity index (χ3v) is 18.4. The highest BCUT2D eigenvalue weighted by Crippen LogP contribution is 2.66. The van der Waals surface area contributed by atoms with Gasteiger partial charge in [0.1, 0.15) is 29.1 Å². The summed E-state index contributed by atoms with van der Waals surface area (Å²) >= 11 is 0. The van der Waals surface area contributed by atoms with Crippen LogP contribution in [0.1, 0.15) is 139 Å². The van der Waals surface area contributed by atoms with Gasteiger partial charge in [-0.1, -0.05) is 91.8 Å². The maximum atomic E-state index is 7.67. The Balaban J connectivity index is 1.19. The first-order valence-corrected chi connectivity index (χ1v) is 24.4. The van der Waals surface area contributed by atoms with Crippen LogP contribution in [0.15, 0.2) is 94.0 Å². The molecule has 1 saturated carbocycles. The van der Waals surface area contributed by atoms with Gasteiger partial charge >= 0.3 is 8.45 Å². The van der Waals surface area contributed by atoms with Gasteiger partial charge in [-0.2, -0.15) is 4.67 Å². The molecule has 0 aromatic rings. The molecule has 6 aliphatic carbocycles. The first-order chi connectivity index (χ1) is 26.9. The smallest absolute Gasteiger partial charge is 0.386 e. The molecule has 3 saturated heterocycles. The lowest BCUT2D eigenvalue weighted by molar-refractivity contribution is -0.512. The van der Waals surface area contributed by atoms with E-state index in [1.807, 2.05) is 0 Å². The average Bonchev–Trinajstić information content (AvgIpc) is 3.78. The maximum Gasteiger partial charge on any atom is 0.386 e. The fourth-order valence-corrected chi connectivity index (χ4v) is 15.6. The summed E-state index contributed by atoms with van der Waals surface area (Å²) in [5.41, 5.74) is 9.79. The van der Waals surface area contributed by atoms with Gasteiger partial charge in [0.2, 0.25) is 0 Å². The molecule has 0 radical (unpaired) electrons. The van der Waals surface area contributed by atoms with Crippen LogP contribution in [0.5, 0.6) is 0 Å². The minimum atomic E-state index is -1.05. The summed E-state index contributed by atoms with van der Waals surface area (Å²) < 4.78 is 16.7. The highest BCUT2D eigenvalue weighted by atomic mass is 31.2. The van der Waals surface area contributed by atoms with Crippen molar-refractivity contribution >= 4 is 14.3 Å². The molecule has 10 aliphatic rings. The van der Waals surface area contributed by atoms with E-state index >= 15 is 0 Å². The molecule has 11 atom stereocenters. The van der Waals surface area contributed by atoms with E-state index in [9.17, 15) is 0 Å². The number of allylic oxidation sites excluding steroid dienone is 12. The quantitative estimate of drug-likeness (QED) is 0.162. The van der Waals surface area contributed by atoms with Gasteiger partial charge < -0.3 is 4.52 Å². The Morgan fingerprint density at radius 1 is 0.839 bits per heavy atom. The van der Waals surface area contributed by atoms with E-state index in [0.29, 0.717) is 53.6 Å². The Hall–Kier alpha value is -2.42. The van der Waals surface area contributed by atoms with E-state index < -0.39 is 8.45 Å². The molecule has 5 heteroatoms. The van der Waals surface area contributed by atoms with Crippen molar-refractivity contribution in [2.24, 2.45) is 52.3 Å². The van der Waals surface area contributed by atoms with Crippen molar-refractivity contribution in [1.82, 2.24) is 9.34 Å². The van der Waals surface area contributed by atoms with Crippen LogP contribution in [0.4, 0.5) is 0 Å². The third kappa shape index (κ3) is 6.23. The summed E-state index contributed by atoms with van der Waals surface area (Å²) in [4.78, 5) is 0.